The summed E-state index contributed by atoms with van der Waals surface area (Å²) in [7, 11) is 0. The van der Waals surface area contributed by atoms with E-state index < -0.39 is 10.8 Å². The zero-order valence-corrected chi connectivity index (χ0v) is 9.14. The molecule has 1 amide bonds. The Balaban J connectivity index is 2.85. The highest BCUT2D eigenvalue weighted by molar-refractivity contribution is 6.38. The van der Waals surface area contributed by atoms with E-state index in [1.807, 2.05) is 0 Å². The number of nitro groups is 1. The number of para-hydroxylation sites is 1. The monoisotopic (exact) mass is 251 g/mol. The van der Waals surface area contributed by atoms with Gasteiger partial charge in [-0.1, -0.05) is 23.7 Å². The summed E-state index contributed by atoms with van der Waals surface area (Å²) in [5.74, 6) is -0.726. The van der Waals surface area contributed by atoms with Crippen LogP contribution in [0.2, 0.25) is 5.02 Å². The van der Waals surface area contributed by atoms with E-state index in [0.717, 1.165) is 6.20 Å². The van der Waals surface area contributed by atoms with Crippen LogP contribution in [0.15, 0.2) is 24.4 Å². The fourth-order valence-corrected chi connectivity index (χ4v) is 1.79. The number of nitrogens with zero attached hydrogens (tertiary/aromatic N) is 2. The van der Waals surface area contributed by atoms with Crippen LogP contribution >= 0.6 is 11.6 Å². The van der Waals surface area contributed by atoms with Gasteiger partial charge in [0.1, 0.15) is 5.52 Å². The molecule has 0 atom stereocenters. The van der Waals surface area contributed by atoms with Crippen molar-refractivity contribution in [3.05, 3.63) is 45.1 Å². The molecular formula is C10H6ClN3O3. The fraction of sp³-hybridized carbons (Fsp3) is 0. The number of fused-ring (bicyclic) bond motifs is 1. The first-order valence-corrected chi connectivity index (χ1v) is 4.91. The molecule has 0 radical (unpaired) electrons. The second-order valence-corrected chi connectivity index (χ2v) is 3.66. The summed E-state index contributed by atoms with van der Waals surface area (Å²) in [6, 6.07) is 4.33. The van der Waals surface area contributed by atoms with E-state index in [0.29, 0.717) is 5.39 Å². The van der Waals surface area contributed by atoms with Gasteiger partial charge in [-0.15, -0.1) is 0 Å². The molecule has 2 N–H and O–H groups in total. The first-order valence-electron chi connectivity index (χ1n) is 4.54. The van der Waals surface area contributed by atoms with Gasteiger partial charge in [0.2, 0.25) is 0 Å². The van der Waals surface area contributed by atoms with E-state index in [2.05, 4.69) is 4.98 Å². The summed E-state index contributed by atoms with van der Waals surface area (Å²) < 4.78 is 0. The molecule has 2 rings (SSSR count). The van der Waals surface area contributed by atoms with Crippen LogP contribution in [0, 0.1) is 10.1 Å². The summed E-state index contributed by atoms with van der Waals surface area (Å²) in [6.45, 7) is 0. The highest BCUT2D eigenvalue weighted by Crippen LogP contribution is 2.30. The number of nitro benzene ring substituents is 1. The molecule has 0 unspecified atom stereocenters. The lowest BCUT2D eigenvalue weighted by Crippen LogP contribution is -2.12. The molecule has 0 saturated heterocycles. The summed E-state index contributed by atoms with van der Waals surface area (Å²) in [5, 5.41) is 11.2. The van der Waals surface area contributed by atoms with Gasteiger partial charge >= 0.3 is 0 Å². The Morgan fingerprint density at radius 1 is 1.47 bits per heavy atom. The first kappa shape index (κ1) is 11.3. The maximum absolute atomic E-state index is 11.0. The molecule has 0 bridgehead atoms. The molecule has 7 heteroatoms. The minimum atomic E-state index is -0.726. The molecule has 0 aliphatic heterocycles. The van der Waals surface area contributed by atoms with Gasteiger partial charge < -0.3 is 5.73 Å². The number of carbonyl (C=O) groups is 1. The van der Waals surface area contributed by atoms with Crippen LogP contribution in [0.3, 0.4) is 0 Å². The number of benzene rings is 1. The quantitative estimate of drug-likeness (QED) is 0.651. The number of halogens is 1. The molecule has 86 valence electrons. The molecule has 0 saturated carbocycles. The first-order chi connectivity index (χ1) is 8.02. The average molecular weight is 252 g/mol. The number of hydrogen-bond donors (Lipinski definition) is 1. The van der Waals surface area contributed by atoms with Gasteiger partial charge in [-0.05, 0) is 0 Å². The zero-order valence-electron chi connectivity index (χ0n) is 8.38. The standard InChI is InChI=1S/C10H6ClN3O3/c11-8-5-2-1-3-7(14(16)17)9(5)13-4-6(8)10(12)15/h1-4H,(H2,12,15). The SMILES string of the molecule is NC(=O)c1cnc2c([N+](=O)[O-])cccc2c1Cl. The second-order valence-electron chi connectivity index (χ2n) is 3.28. The van der Waals surface area contributed by atoms with E-state index in [9.17, 15) is 14.9 Å². The van der Waals surface area contributed by atoms with Crippen molar-refractivity contribution in [2.75, 3.05) is 0 Å². The van der Waals surface area contributed by atoms with Gasteiger partial charge in [0, 0.05) is 17.6 Å². The number of aromatic nitrogens is 1. The van der Waals surface area contributed by atoms with E-state index in [4.69, 9.17) is 17.3 Å². The summed E-state index contributed by atoms with van der Waals surface area (Å²) in [6.07, 6.45) is 1.14. The van der Waals surface area contributed by atoms with Crippen LogP contribution in [0.25, 0.3) is 10.9 Å². The number of primary amides is 1. The van der Waals surface area contributed by atoms with E-state index >= 15 is 0 Å². The van der Waals surface area contributed by atoms with Crippen LogP contribution in [-0.4, -0.2) is 15.8 Å². The largest absolute Gasteiger partial charge is 0.366 e. The van der Waals surface area contributed by atoms with Gasteiger partial charge in [-0.25, -0.2) is 4.98 Å². The number of rotatable bonds is 2. The maximum Gasteiger partial charge on any atom is 0.295 e. The van der Waals surface area contributed by atoms with Crippen molar-refractivity contribution in [1.82, 2.24) is 4.98 Å². The predicted molar refractivity (Wildman–Crippen MR) is 61.9 cm³/mol. The van der Waals surface area contributed by atoms with Crippen molar-refractivity contribution in [2.24, 2.45) is 5.73 Å². The van der Waals surface area contributed by atoms with Gasteiger partial charge in [0.15, 0.2) is 0 Å². The minimum Gasteiger partial charge on any atom is -0.366 e. The number of hydrogen-bond acceptors (Lipinski definition) is 4. The molecule has 0 aliphatic carbocycles. The van der Waals surface area contributed by atoms with Crippen LogP contribution in [0.5, 0.6) is 0 Å². The summed E-state index contributed by atoms with van der Waals surface area (Å²) in [4.78, 5) is 25.1. The molecule has 1 aromatic carbocycles. The molecule has 1 aromatic heterocycles. The minimum absolute atomic E-state index is 0.0414. The third kappa shape index (κ3) is 1.78. The number of nitrogens with two attached hydrogens (primary N) is 1. The van der Waals surface area contributed by atoms with Gasteiger partial charge in [-0.2, -0.15) is 0 Å². The average Bonchev–Trinajstić information content (AvgIpc) is 2.28. The van der Waals surface area contributed by atoms with Gasteiger partial charge in [0.25, 0.3) is 11.6 Å². The highest BCUT2D eigenvalue weighted by Gasteiger charge is 2.17. The van der Waals surface area contributed by atoms with Crippen LogP contribution in [-0.2, 0) is 0 Å². The van der Waals surface area contributed by atoms with Gasteiger partial charge in [-0.3, -0.25) is 14.9 Å². The van der Waals surface area contributed by atoms with E-state index in [1.165, 1.54) is 12.1 Å². The normalized spacial score (nSPS) is 10.4. The Labute approximate surface area is 100 Å². The van der Waals surface area contributed by atoms with Crippen LogP contribution in [0.4, 0.5) is 5.69 Å². The Bertz CT molecular complexity index is 642. The van der Waals surface area contributed by atoms with Crippen molar-refractivity contribution in [3.8, 4) is 0 Å². The molecule has 1 heterocycles. The lowest BCUT2D eigenvalue weighted by Gasteiger charge is -2.04. The molecule has 17 heavy (non-hydrogen) atoms. The Kier molecular flexibility index (Phi) is 2.64. The summed E-state index contributed by atoms with van der Waals surface area (Å²) in [5.41, 5.74) is 5.11. The molecular weight excluding hydrogens is 246 g/mol. The molecule has 0 fully saturated rings. The predicted octanol–water partition coefficient (Wildman–Crippen LogP) is 1.90. The topological polar surface area (TPSA) is 99.1 Å². The molecule has 0 aliphatic rings. The maximum atomic E-state index is 11.0. The number of amides is 1. The van der Waals surface area contributed by atoms with Crippen LogP contribution in [0.1, 0.15) is 10.4 Å². The smallest absolute Gasteiger partial charge is 0.295 e. The van der Waals surface area contributed by atoms with Crippen molar-refractivity contribution in [2.45, 2.75) is 0 Å². The lowest BCUT2D eigenvalue weighted by atomic mass is 10.1. The fourth-order valence-electron chi connectivity index (χ4n) is 1.49. The Morgan fingerprint density at radius 3 is 2.76 bits per heavy atom. The Hall–Kier alpha value is -2.21. The lowest BCUT2D eigenvalue weighted by molar-refractivity contribution is -0.383. The van der Waals surface area contributed by atoms with E-state index in [1.54, 1.807) is 6.07 Å². The Morgan fingerprint density at radius 2 is 2.18 bits per heavy atom. The molecule has 6 nitrogen and oxygen atoms in total. The van der Waals surface area contributed by atoms with Crippen molar-refractivity contribution in [3.63, 3.8) is 0 Å². The van der Waals surface area contributed by atoms with Crippen LogP contribution < -0.4 is 5.73 Å². The number of carbonyl (C=O) groups excluding carboxylic acids is 1. The highest BCUT2D eigenvalue weighted by atomic mass is 35.5. The number of pyridine rings is 1. The second kappa shape index (κ2) is 3.99. The van der Waals surface area contributed by atoms with Gasteiger partial charge in [0.05, 0.1) is 15.5 Å². The zero-order chi connectivity index (χ0) is 12.6. The van der Waals surface area contributed by atoms with E-state index in [-0.39, 0.29) is 21.8 Å². The van der Waals surface area contributed by atoms with Crippen molar-refractivity contribution in [1.29, 1.82) is 0 Å². The third-order valence-electron chi connectivity index (χ3n) is 2.27. The third-order valence-corrected chi connectivity index (χ3v) is 2.68. The summed E-state index contributed by atoms with van der Waals surface area (Å²) >= 11 is 5.95. The molecule has 2 aromatic rings. The molecule has 0 spiro atoms. The van der Waals surface area contributed by atoms with Crippen molar-refractivity contribution >= 4 is 34.1 Å². The van der Waals surface area contributed by atoms with Crippen molar-refractivity contribution < 1.29 is 9.72 Å². The number of non-ortho nitro benzene ring substituents is 1.